The highest BCUT2D eigenvalue weighted by molar-refractivity contribution is 6.51. The number of aryl methyl sites for hydroxylation is 1. The molecule has 83 valence electrons. The van der Waals surface area contributed by atoms with E-state index in [1.54, 1.807) is 0 Å². The highest BCUT2D eigenvalue weighted by Gasteiger charge is 2.06. The van der Waals surface area contributed by atoms with E-state index in [1.165, 1.54) is 17.7 Å². The van der Waals surface area contributed by atoms with Gasteiger partial charge in [-0.2, -0.15) is 0 Å². The minimum Gasteiger partial charge on any atom is -0.417 e. The van der Waals surface area contributed by atoms with Gasteiger partial charge in [-0.3, -0.25) is 0 Å². The third-order valence-electron chi connectivity index (χ3n) is 2.55. The fourth-order valence-electron chi connectivity index (χ4n) is 1.59. The molecule has 0 aliphatic carbocycles. The highest BCUT2D eigenvalue weighted by Crippen LogP contribution is 2.05. The summed E-state index contributed by atoms with van der Waals surface area (Å²) >= 11 is 0. The lowest BCUT2D eigenvalue weighted by molar-refractivity contribution is 0.312. The molecule has 0 aliphatic rings. The Kier molecular flexibility index (Phi) is 6.36. The molecule has 0 saturated carbocycles. The summed E-state index contributed by atoms with van der Waals surface area (Å²) in [7, 11) is -0.477. The van der Waals surface area contributed by atoms with E-state index in [0.717, 1.165) is 19.4 Å². The molecule has 15 heavy (non-hydrogen) atoms. The second kappa shape index (κ2) is 7.66. The van der Waals surface area contributed by atoms with Crippen molar-refractivity contribution in [1.29, 1.82) is 0 Å². The van der Waals surface area contributed by atoms with Crippen LogP contribution in [0.4, 0.5) is 0 Å². The quantitative estimate of drug-likeness (QED) is 0.504. The second-order valence-electron chi connectivity index (χ2n) is 3.68. The van der Waals surface area contributed by atoms with Crippen molar-refractivity contribution < 1.29 is 4.43 Å². The highest BCUT2D eigenvalue weighted by atomic mass is 28.3. The molecule has 0 atom stereocenters. The maximum atomic E-state index is 5.86. The molecule has 0 aromatic heterocycles. The van der Waals surface area contributed by atoms with Gasteiger partial charge in [-0.05, 0) is 30.5 Å². The van der Waals surface area contributed by atoms with Gasteiger partial charge in [0, 0.05) is 6.61 Å². The molecular formula is C13H21OSi. The summed E-state index contributed by atoms with van der Waals surface area (Å²) in [6.07, 6.45) is 2.29. The average molecular weight is 221 g/mol. The van der Waals surface area contributed by atoms with Crippen LogP contribution in [0.1, 0.15) is 25.8 Å². The van der Waals surface area contributed by atoms with Gasteiger partial charge in [0.25, 0.3) is 0 Å². The zero-order chi connectivity index (χ0) is 10.9. The van der Waals surface area contributed by atoms with Crippen LogP contribution in [-0.4, -0.2) is 15.6 Å². The molecule has 2 heteroatoms. The summed E-state index contributed by atoms with van der Waals surface area (Å²) in [5.74, 6) is 0. The van der Waals surface area contributed by atoms with Crippen LogP contribution in [0.5, 0.6) is 0 Å². The van der Waals surface area contributed by atoms with Crippen LogP contribution >= 0.6 is 0 Å². The predicted molar refractivity (Wildman–Crippen MR) is 67.4 cm³/mol. The number of hydrogen-bond donors (Lipinski definition) is 0. The van der Waals surface area contributed by atoms with Gasteiger partial charge in [-0.25, -0.2) is 0 Å². The lowest BCUT2D eigenvalue weighted by Crippen LogP contribution is -2.16. The van der Waals surface area contributed by atoms with Crippen molar-refractivity contribution in [2.75, 3.05) is 6.61 Å². The zero-order valence-electron chi connectivity index (χ0n) is 9.83. The second-order valence-corrected chi connectivity index (χ2v) is 6.46. The van der Waals surface area contributed by atoms with Crippen LogP contribution in [0, 0.1) is 0 Å². The number of hydrogen-bond acceptors (Lipinski definition) is 1. The summed E-state index contributed by atoms with van der Waals surface area (Å²) in [5.41, 5.74) is 1.42. The molecule has 0 saturated heterocycles. The van der Waals surface area contributed by atoms with Crippen molar-refractivity contribution in [2.45, 2.75) is 38.8 Å². The molecule has 1 aromatic carbocycles. The average Bonchev–Trinajstić information content (AvgIpc) is 2.31. The van der Waals surface area contributed by atoms with Gasteiger partial charge in [0.2, 0.25) is 9.04 Å². The van der Waals surface area contributed by atoms with Crippen LogP contribution in [-0.2, 0) is 10.8 Å². The van der Waals surface area contributed by atoms with E-state index < -0.39 is 9.04 Å². The van der Waals surface area contributed by atoms with Crippen molar-refractivity contribution in [1.82, 2.24) is 0 Å². The van der Waals surface area contributed by atoms with Crippen LogP contribution < -0.4 is 0 Å². The van der Waals surface area contributed by atoms with E-state index in [-0.39, 0.29) is 0 Å². The van der Waals surface area contributed by atoms with Gasteiger partial charge >= 0.3 is 0 Å². The lowest BCUT2D eigenvalue weighted by atomic mass is 10.1. The third-order valence-corrected chi connectivity index (χ3v) is 4.74. The Morgan fingerprint density at radius 2 is 1.73 bits per heavy atom. The Balaban J connectivity index is 2.12. The van der Waals surface area contributed by atoms with Crippen molar-refractivity contribution in [2.24, 2.45) is 0 Å². The first-order valence-corrected chi connectivity index (χ1v) is 7.70. The summed E-state index contributed by atoms with van der Waals surface area (Å²) in [6.45, 7) is 5.40. The zero-order valence-corrected chi connectivity index (χ0v) is 10.8. The predicted octanol–water partition coefficient (Wildman–Crippen LogP) is 3.67. The molecule has 0 bridgehead atoms. The first kappa shape index (κ1) is 12.5. The van der Waals surface area contributed by atoms with Gasteiger partial charge in [-0.1, -0.05) is 44.2 Å². The molecule has 0 N–H and O–H groups in total. The fraction of sp³-hybridized carbons (Fsp3) is 0.538. The van der Waals surface area contributed by atoms with Crippen LogP contribution in [0.3, 0.4) is 0 Å². The number of rotatable bonds is 7. The van der Waals surface area contributed by atoms with Gasteiger partial charge in [-0.15, -0.1) is 0 Å². The van der Waals surface area contributed by atoms with Gasteiger partial charge < -0.3 is 4.43 Å². The van der Waals surface area contributed by atoms with E-state index in [4.69, 9.17) is 4.43 Å². The monoisotopic (exact) mass is 221 g/mol. The van der Waals surface area contributed by atoms with Crippen LogP contribution in [0.2, 0.25) is 12.1 Å². The normalized spacial score (nSPS) is 10.9. The molecule has 1 radical (unpaired) electrons. The van der Waals surface area contributed by atoms with E-state index in [0.29, 0.717) is 0 Å². The van der Waals surface area contributed by atoms with E-state index in [9.17, 15) is 0 Å². The Hall–Kier alpha value is -0.603. The summed E-state index contributed by atoms with van der Waals surface area (Å²) in [5, 5.41) is 0. The van der Waals surface area contributed by atoms with Crippen molar-refractivity contribution in [3.63, 3.8) is 0 Å². The molecule has 0 amide bonds. The van der Waals surface area contributed by atoms with Gasteiger partial charge in [0.1, 0.15) is 0 Å². The molecular weight excluding hydrogens is 200 g/mol. The van der Waals surface area contributed by atoms with Crippen molar-refractivity contribution in [3.8, 4) is 0 Å². The molecule has 0 spiro atoms. The lowest BCUT2D eigenvalue weighted by Gasteiger charge is -2.10. The molecule has 0 fully saturated rings. The van der Waals surface area contributed by atoms with Crippen molar-refractivity contribution >= 4 is 9.04 Å². The first-order chi connectivity index (χ1) is 7.36. The van der Waals surface area contributed by atoms with Gasteiger partial charge in [0.05, 0.1) is 0 Å². The summed E-state index contributed by atoms with van der Waals surface area (Å²) < 4.78 is 5.86. The van der Waals surface area contributed by atoms with Gasteiger partial charge in [0.15, 0.2) is 0 Å². The van der Waals surface area contributed by atoms with E-state index >= 15 is 0 Å². The van der Waals surface area contributed by atoms with Crippen LogP contribution in [0.25, 0.3) is 0 Å². The largest absolute Gasteiger partial charge is 0.417 e. The molecule has 1 nitrogen and oxygen atoms in total. The molecule has 0 unspecified atom stereocenters. The molecule has 0 heterocycles. The minimum absolute atomic E-state index is 0.477. The molecule has 1 rings (SSSR count). The van der Waals surface area contributed by atoms with Crippen molar-refractivity contribution in [3.05, 3.63) is 35.9 Å². The first-order valence-electron chi connectivity index (χ1n) is 5.88. The standard InChI is InChI=1S/C13H21OSi/c1-3-15(4-2)14-12-8-11-13-9-6-5-7-10-13/h5-7,9-10H,3-4,8,11-12H2,1-2H3. The minimum atomic E-state index is -0.477. The van der Waals surface area contributed by atoms with Crippen LogP contribution in [0.15, 0.2) is 30.3 Å². The Labute approximate surface area is 95.2 Å². The topological polar surface area (TPSA) is 9.23 Å². The maximum Gasteiger partial charge on any atom is 0.210 e. The third kappa shape index (κ3) is 5.14. The summed E-state index contributed by atoms with van der Waals surface area (Å²) in [4.78, 5) is 0. The molecule has 0 aliphatic heterocycles. The summed E-state index contributed by atoms with van der Waals surface area (Å²) in [6, 6.07) is 13.1. The Bertz CT molecular complexity index is 244. The molecule has 1 aromatic rings. The Morgan fingerprint density at radius 1 is 1.07 bits per heavy atom. The van der Waals surface area contributed by atoms with E-state index in [1.807, 2.05) is 0 Å². The SMILES string of the molecule is CC[Si](CC)OCCCc1ccccc1. The maximum absolute atomic E-state index is 5.86. The fourth-order valence-corrected chi connectivity index (χ4v) is 2.93. The Morgan fingerprint density at radius 3 is 2.33 bits per heavy atom. The number of benzene rings is 1. The smallest absolute Gasteiger partial charge is 0.210 e. The van der Waals surface area contributed by atoms with E-state index in [2.05, 4.69) is 44.2 Å².